The van der Waals surface area contributed by atoms with Crippen molar-refractivity contribution in [3.05, 3.63) is 181 Å². The van der Waals surface area contributed by atoms with Crippen molar-refractivity contribution in [3.63, 3.8) is 0 Å². The third-order valence-electron chi connectivity index (χ3n) is 13.9. The minimum atomic E-state index is -0.0697. The largest absolute Gasteiger partial charge is 0.376 e. The molecule has 4 heteroatoms. The molecule has 0 fully saturated rings. The van der Waals surface area contributed by atoms with Gasteiger partial charge in [-0.2, -0.15) is 0 Å². The lowest BCUT2D eigenvalue weighted by Gasteiger charge is -2.43. The molecular formula is C56H38BN3. The van der Waals surface area contributed by atoms with Gasteiger partial charge in [-0.05, 0) is 97.5 Å². The van der Waals surface area contributed by atoms with Gasteiger partial charge in [0, 0.05) is 54.9 Å². The van der Waals surface area contributed by atoms with E-state index < -0.39 is 0 Å². The Hall–Kier alpha value is -7.30. The fourth-order valence-corrected chi connectivity index (χ4v) is 11.4. The summed E-state index contributed by atoms with van der Waals surface area (Å²) >= 11 is 0. The Balaban J connectivity index is 1.15. The lowest BCUT2D eigenvalue weighted by atomic mass is 9.43. The molecule has 12 aromatic rings. The van der Waals surface area contributed by atoms with Gasteiger partial charge in [0.15, 0.2) is 0 Å². The van der Waals surface area contributed by atoms with Crippen molar-refractivity contribution in [1.82, 2.24) is 9.13 Å². The molecular weight excluding hydrogens is 725 g/mol. The van der Waals surface area contributed by atoms with E-state index in [0.29, 0.717) is 0 Å². The molecule has 0 N–H and O–H groups in total. The van der Waals surface area contributed by atoms with Gasteiger partial charge in [-0.1, -0.05) is 148 Å². The topological polar surface area (TPSA) is 13.1 Å². The molecule has 0 unspecified atom stereocenters. The van der Waals surface area contributed by atoms with Crippen LogP contribution in [0.15, 0.2) is 176 Å². The van der Waals surface area contributed by atoms with Crippen LogP contribution in [0.3, 0.4) is 0 Å². The van der Waals surface area contributed by atoms with E-state index in [2.05, 4.69) is 211 Å². The number of rotatable bonds is 2. The van der Waals surface area contributed by atoms with Gasteiger partial charge in [-0.3, -0.25) is 0 Å². The van der Waals surface area contributed by atoms with E-state index in [1.165, 1.54) is 126 Å². The first-order chi connectivity index (χ1) is 29.4. The summed E-state index contributed by atoms with van der Waals surface area (Å²) in [6.07, 6.45) is 0. The minimum absolute atomic E-state index is 0.0457. The monoisotopic (exact) mass is 763 g/mol. The Labute approximate surface area is 347 Å². The molecule has 2 aliphatic rings. The van der Waals surface area contributed by atoms with Gasteiger partial charge in [-0.25, -0.2) is 0 Å². The van der Waals surface area contributed by atoms with Crippen molar-refractivity contribution in [3.8, 4) is 22.5 Å². The van der Waals surface area contributed by atoms with Gasteiger partial charge in [-0.15, -0.1) is 0 Å². The number of para-hydroxylation sites is 5. The first-order valence-corrected chi connectivity index (χ1v) is 21.2. The first-order valence-electron chi connectivity index (χ1n) is 21.2. The van der Waals surface area contributed by atoms with E-state index in [0.717, 1.165) is 0 Å². The van der Waals surface area contributed by atoms with Crippen molar-refractivity contribution in [2.75, 3.05) is 4.81 Å². The van der Waals surface area contributed by atoms with Crippen molar-refractivity contribution in [2.45, 2.75) is 26.2 Å². The maximum Gasteiger partial charge on any atom is 0.333 e. The molecule has 2 aromatic heterocycles. The van der Waals surface area contributed by atoms with Gasteiger partial charge in [0.25, 0.3) is 0 Å². The van der Waals surface area contributed by atoms with E-state index in [1.54, 1.807) is 0 Å². The van der Waals surface area contributed by atoms with Crippen molar-refractivity contribution < 1.29 is 0 Å². The van der Waals surface area contributed by atoms with Crippen molar-refractivity contribution in [2.24, 2.45) is 0 Å². The van der Waals surface area contributed by atoms with E-state index in [9.17, 15) is 0 Å². The van der Waals surface area contributed by atoms with Gasteiger partial charge in [0.2, 0.25) is 0 Å². The second kappa shape index (κ2) is 11.2. The predicted octanol–water partition coefficient (Wildman–Crippen LogP) is 13.3. The molecule has 10 aromatic carbocycles. The predicted molar refractivity (Wildman–Crippen MR) is 257 cm³/mol. The summed E-state index contributed by atoms with van der Waals surface area (Å²) in [5.74, 6) is 0. The van der Waals surface area contributed by atoms with Crippen LogP contribution in [0.25, 0.3) is 98.4 Å². The Bertz CT molecular complexity index is 3810. The van der Waals surface area contributed by atoms with Gasteiger partial charge < -0.3 is 13.9 Å². The highest BCUT2D eigenvalue weighted by Gasteiger charge is 2.45. The Morgan fingerprint density at radius 3 is 1.88 bits per heavy atom. The summed E-state index contributed by atoms with van der Waals surface area (Å²) in [6, 6.07) is 66.6. The molecule has 60 heavy (non-hydrogen) atoms. The summed E-state index contributed by atoms with van der Waals surface area (Å²) < 4.78 is 5.04. The molecule has 280 valence electrons. The summed E-state index contributed by atoms with van der Waals surface area (Å²) in [5, 5.41) is 13.1. The Kier molecular flexibility index (Phi) is 6.12. The van der Waals surface area contributed by atoms with E-state index >= 15 is 0 Å². The van der Waals surface area contributed by atoms with Crippen LogP contribution >= 0.6 is 0 Å². The molecule has 0 aliphatic carbocycles. The zero-order valence-electron chi connectivity index (χ0n) is 33.7. The smallest absolute Gasteiger partial charge is 0.333 e. The molecule has 2 aliphatic heterocycles. The highest BCUT2D eigenvalue weighted by Crippen LogP contribution is 2.51. The Morgan fingerprint density at radius 2 is 1.10 bits per heavy atom. The number of fused-ring (bicyclic) bond motifs is 12. The Morgan fingerprint density at radius 1 is 0.450 bits per heavy atom. The van der Waals surface area contributed by atoms with Crippen LogP contribution < -0.4 is 15.7 Å². The standard InChI is InChI=1S/C56H38BN3/c1-56(2,3)35-30-33-24-27-42-51-43(28-25-34(31-35)50(33)51)55-53-52(42)41-18-9-12-23-49(41)60(57(53)45-20-13-19-40-38-16-7-11-22-47(38)59(55)54(40)45)37-26-29-48-44(32-37)39-17-8-10-21-46(39)58(48)36-14-5-4-6-15-36/h4-32H,1-3H3. The number of nitrogens with zero attached hydrogens (tertiary/aromatic N) is 3. The third-order valence-corrected chi connectivity index (χ3v) is 13.9. The number of hydrogen-bond donors (Lipinski definition) is 0. The van der Waals surface area contributed by atoms with Gasteiger partial charge >= 0.3 is 6.85 Å². The van der Waals surface area contributed by atoms with Crippen LogP contribution in [-0.2, 0) is 5.41 Å². The van der Waals surface area contributed by atoms with Crippen LogP contribution in [0.1, 0.15) is 26.3 Å². The molecule has 4 heterocycles. The highest BCUT2D eigenvalue weighted by molar-refractivity contribution is 6.94. The summed E-state index contributed by atoms with van der Waals surface area (Å²) in [4.78, 5) is 2.67. The van der Waals surface area contributed by atoms with E-state index in [1.807, 2.05) is 0 Å². The van der Waals surface area contributed by atoms with Crippen LogP contribution in [-0.4, -0.2) is 16.0 Å². The first kappa shape index (κ1) is 32.6. The SMILES string of the molecule is CC(C)(C)c1cc2ccc3c4c5c(c6ccc(c1)c2c36)-n1c2ccccc2c2cccc(c21)B5N(c1ccc2c(c1)c1ccccc1n2-c1ccccc1)c1ccccc1-4. The molecule has 0 saturated carbocycles. The molecule has 3 nitrogen and oxygen atoms in total. The number of aromatic nitrogens is 2. The fourth-order valence-electron chi connectivity index (χ4n) is 11.4. The summed E-state index contributed by atoms with van der Waals surface area (Å²) in [5.41, 5.74) is 16.6. The molecule has 0 bridgehead atoms. The average molecular weight is 764 g/mol. The van der Waals surface area contributed by atoms with E-state index in [4.69, 9.17) is 0 Å². The van der Waals surface area contributed by atoms with Gasteiger partial charge in [0.1, 0.15) is 0 Å². The zero-order valence-corrected chi connectivity index (χ0v) is 33.7. The van der Waals surface area contributed by atoms with E-state index in [-0.39, 0.29) is 12.3 Å². The molecule has 0 radical (unpaired) electrons. The number of hydrogen-bond acceptors (Lipinski definition) is 1. The second-order valence-electron chi connectivity index (χ2n) is 18.1. The van der Waals surface area contributed by atoms with Crippen LogP contribution in [0.4, 0.5) is 11.4 Å². The quantitative estimate of drug-likeness (QED) is 0.126. The number of benzene rings is 10. The van der Waals surface area contributed by atoms with Gasteiger partial charge in [0.05, 0.1) is 27.8 Å². The second-order valence-corrected chi connectivity index (χ2v) is 18.1. The average Bonchev–Trinajstić information content (AvgIpc) is 3.80. The summed E-state index contributed by atoms with van der Waals surface area (Å²) in [6.45, 7) is 6.89. The number of anilines is 2. The van der Waals surface area contributed by atoms with Crippen molar-refractivity contribution in [1.29, 1.82) is 0 Å². The zero-order chi connectivity index (χ0) is 39.6. The minimum Gasteiger partial charge on any atom is -0.376 e. The maximum atomic E-state index is 2.67. The molecule has 0 spiro atoms. The highest BCUT2D eigenvalue weighted by atomic mass is 15.1. The molecule has 14 rings (SSSR count). The lowest BCUT2D eigenvalue weighted by molar-refractivity contribution is 0.591. The maximum absolute atomic E-state index is 2.67. The van der Waals surface area contributed by atoms with Crippen LogP contribution in [0.2, 0.25) is 0 Å². The lowest BCUT2D eigenvalue weighted by Crippen LogP contribution is -2.60. The molecule has 0 amide bonds. The normalized spacial score (nSPS) is 13.5. The van der Waals surface area contributed by atoms with Crippen LogP contribution in [0, 0.1) is 0 Å². The fraction of sp³-hybridized carbons (Fsp3) is 0.0714. The summed E-state index contributed by atoms with van der Waals surface area (Å²) in [7, 11) is 0. The van der Waals surface area contributed by atoms with Crippen molar-refractivity contribution >= 4 is 105 Å². The third kappa shape index (κ3) is 4.01. The molecule has 0 saturated heterocycles. The van der Waals surface area contributed by atoms with Crippen LogP contribution in [0.5, 0.6) is 0 Å². The molecule has 0 atom stereocenters.